The van der Waals surface area contributed by atoms with Crippen LogP contribution in [-0.4, -0.2) is 12.5 Å². The van der Waals surface area contributed by atoms with Crippen LogP contribution < -0.4 is 10.1 Å². The lowest BCUT2D eigenvalue weighted by molar-refractivity contribution is -0.138. The zero-order chi connectivity index (χ0) is 18.4. The molecule has 3 nitrogen and oxygen atoms in total. The van der Waals surface area contributed by atoms with Crippen LogP contribution in [0.5, 0.6) is 5.75 Å². The van der Waals surface area contributed by atoms with Crippen molar-refractivity contribution in [3.63, 3.8) is 0 Å². The van der Waals surface area contributed by atoms with Gasteiger partial charge in [-0.25, -0.2) is 0 Å². The second kappa shape index (κ2) is 8.05. The van der Waals surface area contributed by atoms with Crippen LogP contribution in [0.1, 0.15) is 36.6 Å². The molecule has 0 saturated heterocycles. The molecule has 2 aromatic rings. The summed E-state index contributed by atoms with van der Waals surface area (Å²) in [6.45, 7) is 4.23. The second-order valence-electron chi connectivity index (χ2n) is 5.62. The van der Waals surface area contributed by atoms with Crippen molar-refractivity contribution >= 4 is 5.91 Å². The Morgan fingerprint density at radius 2 is 1.76 bits per heavy atom. The summed E-state index contributed by atoms with van der Waals surface area (Å²) in [4.78, 5) is 12.1. The molecule has 0 bridgehead atoms. The summed E-state index contributed by atoms with van der Waals surface area (Å²) in [5.74, 6) is 0.266. The number of hydrogen-bond acceptors (Lipinski definition) is 2. The van der Waals surface area contributed by atoms with Crippen molar-refractivity contribution in [2.75, 3.05) is 6.61 Å². The summed E-state index contributed by atoms with van der Waals surface area (Å²) in [7, 11) is 0. The van der Waals surface area contributed by atoms with Gasteiger partial charge in [0.05, 0.1) is 24.6 Å². The molecule has 6 heteroatoms. The number of alkyl halides is 3. The fourth-order valence-electron chi connectivity index (χ4n) is 2.52. The molecule has 0 radical (unpaired) electrons. The maximum absolute atomic E-state index is 13.0. The average molecular weight is 351 g/mol. The van der Waals surface area contributed by atoms with E-state index >= 15 is 0 Å². The lowest BCUT2D eigenvalue weighted by atomic mass is 10.0. The SMILES string of the molecule is CCOc1ccc(C(C)NC(=O)Cc2ccccc2C(F)(F)F)cc1. The number of amides is 1. The van der Waals surface area contributed by atoms with Crippen LogP contribution in [0, 0.1) is 0 Å². The van der Waals surface area contributed by atoms with E-state index in [2.05, 4.69) is 5.32 Å². The quantitative estimate of drug-likeness (QED) is 0.831. The molecular formula is C19H20F3NO2. The highest BCUT2D eigenvalue weighted by atomic mass is 19.4. The third kappa shape index (κ3) is 5.24. The van der Waals surface area contributed by atoms with Gasteiger partial charge in [-0.2, -0.15) is 13.2 Å². The van der Waals surface area contributed by atoms with Crippen molar-refractivity contribution in [3.8, 4) is 5.75 Å². The third-order valence-electron chi connectivity index (χ3n) is 3.74. The molecule has 1 N–H and O–H groups in total. The van der Waals surface area contributed by atoms with Crippen LogP contribution in [0.4, 0.5) is 13.2 Å². The van der Waals surface area contributed by atoms with Gasteiger partial charge in [0.25, 0.3) is 0 Å². The summed E-state index contributed by atoms with van der Waals surface area (Å²) in [5, 5.41) is 2.73. The Labute approximate surface area is 144 Å². The Balaban J connectivity index is 2.03. The normalized spacial score (nSPS) is 12.5. The summed E-state index contributed by atoms with van der Waals surface area (Å²) >= 11 is 0. The predicted molar refractivity (Wildman–Crippen MR) is 89.3 cm³/mol. The minimum absolute atomic E-state index is 0.0357. The van der Waals surface area contributed by atoms with Crippen molar-refractivity contribution < 1.29 is 22.7 Å². The zero-order valence-electron chi connectivity index (χ0n) is 14.1. The Morgan fingerprint density at radius 1 is 1.12 bits per heavy atom. The van der Waals surface area contributed by atoms with Gasteiger partial charge in [-0.3, -0.25) is 4.79 Å². The third-order valence-corrected chi connectivity index (χ3v) is 3.74. The first kappa shape index (κ1) is 18.8. The van der Waals surface area contributed by atoms with Crippen molar-refractivity contribution in [2.45, 2.75) is 32.5 Å². The fourth-order valence-corrected chi connectivity index (χ4v) is 2.52. The number of halogens is 3. The van der Waals surface area contributed by atoms with Gasteiger partial charge in [0, 0.05) is 0 Å². The summed E-state index contributed by atoms with van der Waals surface area (Å²) in [6.07, 6.45) is -4.80. The lowest BCUT2D eigenvalue weighted by Gasteiger charge is -2.16. The van der Waals surface area contributed by atoms with Crippen LogP contribution in [0.15, 0.2) is 48.5 Å². The molecule has 1 amide bonds. The Morgan fingerprint density at radius 3 is 2.36 bits per heavy atom. The molecule has 0 spiro atoms. The highest BCUT2D eigenvalue weighted by Crippen LogP contribution is 2.32. The number of benzene rings is 2. The Bertz CT molecular complexity index is 711. The van der Waals surface area contributed by atoms with Gasteiger partial charge in [-0.1, -0.05) is 30.3 Å². The van der Waals surface area contributed by atoms with Gasteiger partial charge < -0.3 is 10.1 Å². The topological polar surface area (TPSA) is 38.3 Å². The van der Waals surface area contributed by atoms with E-state index in [0.29, 0.717) is 6.61 Å². The first-order valence-corrected chi connectivity index (χ1v) is 7.98. The molecule has 0 heterocycles. The Kier molecular flexibility index (Phi) is 6.07. The number of carbonyl (C=O) groups is 1. The van der Waals surface area contributed by atoms with Crippen molar-refractivity contribution in [2.24, 2.45) is 0 Å². The van der Waals surface area contributed by atoms with Crippen molar-refractivity contribution in [3.05, 3.63) is 65.2 Å². The molecule has 0 aliphatic carbocycles. The molecule has 134 valence electrons. The molecule has 0 aliphatic rings. The van der Waals surface area contributed by atoms with Crippen LogP contribution >= 0.6 is 0 Å². The van der Waals surface area contributed by atoms with Gasteiger partial charge >= 0.3 is 6.18 Å². The molecule has 25 heavy (non-hydrogen) atoms. The lowest BCUT2D eigenvalue weighted by Crippen LogP contribution is -2.28. The molecule has 0 fully saturated rings. The highest BCUT2D eigenvalue weighted by molar-refractivity contribution is 5.79. The van der Waals surface area contributed by atoms with Gasteiger partial charge in [0.15, 0.2) is 0 Å². The van der Waals surface area contributed by atoms with Gasteiger partial charge in [0.2, 0.25) is 5.91 Å². The van der Waals surface area contributed by atoms with E-state index in [9.17, 15) is 18.0 Å². The number of carbonyl (C=O) groups excluding carboxylic acids is 1. The maximum Gasteiger partial charge on any atom is 0.416 e. The minimum Gasteiger partial charge on any atom is -0.494 e. The first-order chi connectivity index (χ1) is 11.8. The molecular weight excluding hydrogens is 331 g/mol. The Hall–Kier alpha value is -2.50. The van der Waals surface area contributed by atoms with Crippen LogP contribution in [0.2, 0.25) is 0 Å². The van der Waals surface area contributed by atoms with E-state index in [1.54, 1.807) is 19.1 Å². The minimum atomic E-state index is -4.47. The standard InChI is InChI=1S/C19H20F3NO2/c1-3-25-16-10-8-14(9-11-16)13(2)23-18(24)12-15-6-4-5-7-17(15)19(20,21)22/h4-11,13H,3,12H2,1-2H3,(H,23,24). The van der Waals surface area contributed by atoms with Gasteiger partial charge in [0.1, 0.15) is 5.75 Å². The second-order valence-corrected chi connectivity index (χ2v) is 5.62. The van der Waals surface area contributed by atoms with Crippen molar-refractivity contribution in [1.29, 1.82) is 0 Å². The van der Waals surface area contributed by atoms with Crippen LogP contribution in [-0.2, 0) is 17.4 Å². The molecule has 1 atom stereocenters. The molecule has 0 aromatic heterocycles. The molecule has 0 aliphatic heterocycles. The highest BCUT2D eigenvalue weighted by Gasteiger charge is 2.33. The van der Waals surface area contributed by atoms with Crippen LogP contribution in [0.3, 0.4) is 0 Å². The summed E-state index contributed by atoms with van der Waals surface area (Å²) in [6, 6.07) is 12.0. The van der Waals surface area contributed by atoms with Gasteiger partial charge in [-0.05, 0) is 43.2 Å². The van der Waals surface area contributed by atoms with Crippen LogP contribution in [0.25, 0.3) is 0 Å². The number of nitrogens with one attached hydrogen (secondary N) is 1. The number of ether oxygens (including phenoxy) is 1. The van der Waals surface area contributed by atoms with E-state index in [0.717, 1.165) is 17.4 Å². The first-order valence-electron chi connectivity index (χ1n) is 7.98. The number of rotatable bonds is 6. The smallest absolute Gasteiger partial charge is 0.416 e. The summed E-state index contributed by atoms with van der Waals surface area (Å²) < 4.78 is 44.3. The number of hydrogen-bond donors (Lipinski definition) is 1. The molecule has 1 unspecified atom stereocenters. The largest absolute Gasteiger partial charge is 0.494 e. The average Bonchev–Trinajstić information content (AvgIpc) is 2.55. The van der Waals surface area contributed by atoms with E-state index in [1.165, 1.54) is 18.2 Å². The maximum atomic E-state index is 13.0. The van der Waals surface area contributed by atoms with E-state index in [-0.39, 0.29) is 18.0 Å². The van der Waals surface area contributed by atoms with E-state index in [1.807, 2.05) is 19.1 Å². The monoisotopic (exact) mass is 351 g/mol. The van der Waals surface area contributed by atoms with Gasteiger partial charge in [-0.15, -0.1) is 0 Å². The zero-order valence-corrected chi connectivity index (χ0v) is 14.1. The fraction of sp³-hybridized carbons (Fsp3) is 0.316. The molecule has 2 rings (SSSR count). The predicted octanol–water partition coefficient (Wildman–Crippen LogP) is 4.52. The molecule has 2 aromatic carbocycles. The summed E-state index contributed by atoms with van der Waals surface area (Å²) in [5.41, 5.74) is 0.0335. The van der Waals surface area contributed by atoms with E-state index < -0.39 is 17.6 Å². The van der Waals surface area contributed by atoms with Crippen molar-refractivity contribution in [1.82, 2.24) is 5.32 Å². The van der Waals surface area contributed by atoms with E-state index in [4.69, 9.17) is 4.74 Å². The molecule has 0 saturated carbocycles.